The van der Waals surface area contributed by atoms with Crippen molar-refractivity contribution in [3.63, 3.8) is 0 Å². The SMILES string of the molecule is CCOC[C@]1(N)[C@H](c2ccccc2)[C@@H]1S(=O)(=O)c1ccc(C)cc1. The molecule has 1 aliphatic carbocycles. The minimum Gasteiger partial charge on any atom is -0.380 e. The summed E-state index contributed by atoms with van der Waals surface area (Å²) >= 11 is 0. The van der Waals surface area contributed by atoms with Crippen molar-refractivity contribution in [1.82, 2.24) is 0 Å². The van der Waals surface area contributed by atoms with Crippen LogP contribution in [0.1, 0.15) is 24.0 Å². The van der Waals surface area contributed by atoms with Crippen molar-refractivity contribution in [2.24, 2.45) is 5.73 Å². The highest BCUT2D eigenvalue weighted by atomic mass is 32.2. The predicted molar refractivity (Wildman–Crippen MR) is 94.7 cm³/mol. The summed E-state index contributed by atoms with van der Waals surface area (Å²) in [6.07, 6.45) is 0. The molecule has 0 saturated heterocycles. The van der Waals surface area contributed by atoms with Gasteiger partial charge in [0.05, 0.1) is 22.3 Å². The van der Waals surface area contributed by atoms with Gasteiger partial charge in [-0.25, -0.2) is 8.42 Å². The molecule has 0 amide bonds. The molecule has 3 atom stereocenters. The van der Waals surface area contributed by atoms with E-state index in [0.29, 0.717) is 11.5 Å². The number of hydrogen-bond donors (Lipinski definition) is 1. The molecular weight excluding hydrogens is 322 g/mol. The molecule has 0 aliphatic heterocycles. The molecule has 0 spiro atoms. The van der Waals surface area contributed by atoms with Crippen LogP contribution in [0, 0.1) is 6.92 Å². The Hall–Kier alpha value is -1.69. The van der Waals surface area contributed by atoms with Gasteiger partial charge in [-0.1, -0.05) is 48.0 Å². The third kappa shape index (κ3) is 2.88. The number of ether oxygens (including phenoxy) is 1. The van der Waals surface area contributed by atoms with E-state index in [1.165, 1.54) is 0 Å². The lowest BCUT2D eigenvalue weighted by Gasteiger charge is -2.12. The zero-order valence-corrected chi connectivity index (χ0v) is 14.8. The zero-order valence-electron chi connectivity index (χ0n) is 14.0. The van der Waals surface area contributed by atoms with E-state index >= 15 is 0 Å². The Labute approximate surface area is 143 Å². The Bertz CT molecular complexity index is 802. The van der Waals surface area contributed by atoms with E-state index in [1.54, 1.807) is 12.1 Å². The maximum atomic E-state index is 13.1. The monoisotopic (exact) mass is 345 g/mol. The summed E-state index contributed by atoms with van der Waals surface area (Å²) in [4.78, 5) is 0.322. The lowest BCUT2D eigenvalue weighted by Crippen LogP contribution is -2.36. The van der Waals surface area contributed by atoms with Crippen molar-refractivity contribution in [2.45, 2.75) is 35.4 Å². The van der Waals surface area contributed by atoms with Crippen LogP contribution in [-0.2, 0) is 14.6 Å². The molecule has 0 radical (unpaired) electrons. The largest absolute Gasteiger partial charge is 0.380 e. The Balaban J connectivity index is 1.99. The molecule has 5 heteroatoms. The maximum absolute atomic E-state index is 13.1. The van der Waals surface area contributed by atoms with Gasteiger partial charge < -0.3 is 10.5 Å². The quantitative estimate of drug-likeness (QED) is 0.874. The van der Waals surface area contributed by atoms with Gasteiger partial charge in [-0.05, 0) is 31.5 Å². The standard InChI is InChI=1S/C19H23NO3S/c1-3-23-13-19(20)17(15-7-5-4-6-8-15)18(19)24(21,22)16-11-9-14(2)10-12-16/h4-12,17-18H,3,13,20H2,1-2H3/t17-,18+,19+/m1/s1. The summed E-state index contributed by atoms with van der Waals surface area (Å²) in [5.74, 6) is -0.253. The van der Waals surface area contributed by atoms with Gasteiger partial charge >= 0.3 is 0 Å². The highest BCUT2D eigenvalue weighted by Crippen LogP contribution is 2.55. The molecule has 1 aliphatic rings. The fourth-order valence-corrected chi connectivity index (χ4v) is 5.65. The Kier molecular flexibility index (Phi) is 4.51. The minimum atomic E-state index is -3.52. The summed E-state index contributed by atoms with van der Waals surface area (Å²) in [6, 6.07) is 16.5. The fraction of sp³-hybridized carbons (Fsp3) is 0.368. The van der Waals surface area contributed by atoms with Gasteiger partial charge in [-0.3, -0.25) is 0 Å². The summed E-state index contributed by atoms with van der Waals surface area (Å²) in [7, 11) is -3.52. The van der Waals surface area contributed by atoms with Crippen LogP contribution in [0.2, 0.25) is 0 Å². The fourth-order valence-electron chi connectivity index (χ4n) is 3.36. The van der Waals surface area contributed by atoms with Gasteiger partial charge in [0.15, 0.2) is 9.84 Å². The first-order chi connectivity index (χ1) is 11.4. The molecule has 2 aromatic carbocycles. The molecule has 0 bridgehead atoms. The van der Waals surface area contributed by atoms with Gasteiger partial charge in [0.1, 0.15) is 0 Å². The van der Waals surface area contributed by atoms with Crippen LogP contribution in [0.4, 0.5) is 0 Å². The number of nitrogens with two attached hydrogens (primary N) is 1. The second kappa shape index (κ2) is 6.31. The van der Waals surface area contributed by atoms with Crippen molar-refractivity contribution in [2.75, 3.05) is 13.2 Å². The smallest absolute Gasteiger partial charge is 0.183 e. The van der Waals surface area contributed by atoms with Crippen LogP contribution in [0.15, 0.2) is 59.5 Å². The first-order valence-corrected chi connectivity index (χ1v) is 9.68. The van der Waals surface area contributed by atoms with Crippen molar-refractivity contribution in [1.29, 1.82) is 0 Å². The summed E-state index contributed by atoms with van der Waals surface area (Å²) < 4.78 is 31.8. The van der Waals surface area contributed by atoms with Crippen LogP contribution in [-0.4, -0.2) is 32.4 Å². The van der Waals surface area contributed by atoms with E-state index in [9.17, 15) is 8.42 Å². The van der Waals surface area contributed by atoms with E-state index in [0.717, 1.165) is 11.1 Å². The van der Waals surface area contributed by atoms with E-state index in [-0.39, 0.29) is 12.5 Å². The molecule has 0 heterocycles. The lowest BCUT2D eigenvalue weighted by atomic mass is 10.1. The predicted octanol–water partition coefficient (Wildman–Crippen LogP) is 2.67. The molecule has 128 valence electrons. The molecule has 4 nitrogen and oxygen atoms in total. The topological polar surface area (TPSA) is 69.4 Å². The molecular formula is C19H23NO3S. The lowest BCUT2D eigenvalue weighted by molar-refractivity contribution is 0.125. The maximum Gasteiger partial charge on any atom is 0.183 e. The molecule has 1 saturated carbocycles. The first-order valence-electron chi connectivity index (χ1n) is 8.13. The average Bonchev–Trinajstić information content (AvgIpc) is 3.21. The molecule has 2 N–H and O–H groups in total. The number of aryl methyl sites for hydroxylation is 1. The molecule has 0 aromatic heterocycles. The normalized spacial score (nSPS) is 26.3. The summed E-state index contributed by atoms with van der Waals surface area (Å²) in [5, 5.41) is -0.665. The highest BCUT2D eigenvalue weighted by Gasteiger charge is 2.69. The Morgan fingerprint density at radius 3 is 2.29 bits per heavy atom. The van der Waals surface area contributed by atoms with Crippen LogP contribution in [0.5, 0.6) is 0 Å². The number of benzene rings is 2. The van der Waals surface area contributed by atoms with Gasteiger partial charge in [0, 0.05) is 12.5 Å². The van der Waals surface area contributed by atoms with Gasteiger partial charge in [-0.2, -0.15) is 0 Å². The zero-order chi connectivity index (χ0) is 17.4. The molecule has 3 rings (SSSR count). The van der Waals surface area contributed by atoms with E-state index in [2.05, 4.69) is 0 Å². The Morgan fingerprint density at radius 2 is 1.71 bits per heavy atom. The van der Waals surface area contributed by atoms with Crippen LogP contribution in [0.25, 0.3) is 0 Å². The third-order valence-electron chi connectivity index (χ3n) is 4.70. The van der Waals surface area contributed by atoms with Crippen LogP contribution >= 0.6 is 0 Å². The van der Waals surface area contributed by atoms with Gasteiger partial charge in [-0.15, -0.1) is 0 Å². The average molecular weight is 345 g/mol. The van der Waals surface area contributed by atoms with Crippen LogP contribution < -0.4 is 5.73 Å². The second-order valence-electron chi connectivity index (χ2n) is 6.42. The third-order valence-corrected chi connectivity index (χ3v) is 7.01. The van der Waals surface area contributed by atoms with Crippen molar-refractivity contribution in [3.05, 3.63) is 65.7 Å². The second-order valence-corrected chi connectivity index (χ2v) is 8.49. The van der Waals surface area contributed by atoms with E-state index in [1.807, 2.05) is 56.3 Å². The molecule has 24 heavy (non-hydrogen) atoms. The molecule has 2 aromatic rings. The number of rotatable bonds is 6. The summed E-state index contributed by atoms with van der Waals surface area (Å²) in [5.41, 5.74) is 7.58. The van der Waals surface area contributed by atoms with Crippen molar-refractivity contribution in [3.8, 4) is 0 Å². The minimum absolute atomic E-state index is 0.235. The van der Waals surface area contributed by atoms with Crippen molar-refractivity contribution < 1.29 is 13.2 Å². The first kappa shape index (κ1) is 17.1. The number of hydrogen-bond acceptors (Lipinski definition) is 4. The van der Waals surface area contributed by atoms with Gasteiger partial charge in [0.25, 0.3) is 0 Å². The Morgan fingerprint density at radius 1 is 1.08 bits per heavy atom. The number of sulfone groups is 1. The van der Waals surface area contributed by atoms with Crippen molar-refractivity contribution >= 4 is 9.84 Å². The highest BCUT2D eigenvalue weighted by molar-refractivity contribution is 7.92. The summed E-state index contributed by atoms with van der Waals surface area (Å²) in [6.45, 7) is 4.56. The van der Waals surface area contributed by atoms with E-state index < -0.39 is 20.6 Å². The van der Waals surface area contributed by atoms with E-state index in [4.69, 9.17) is 10.5 Å². The van der Waals surface area contributed by atoms with Crippen LogP contribution in [0.3, 0.4) is 0 Å². The molecule has 1 fully saturated rings. The van der Waals surface area contributed by atoms with Gasteiger partial charge in [0.2, 0.25) is 0 Å². The molecule has 0 unspecified atom stereocenters.